The lowest BCUT2D eigenvalue weighted by Gasteiger charge is -2.45. The Kier molecular flexibility index (Phi) is 8.83. The molecule has 0 heterocycles. The van der Waals surface area contributed by atoms with Gasteiger partial charge >= 0.3 is 0 Å². The van der Waals surface area contributed by atoms with Crippen LogP contribution in [0, 0.1) is 23.7 Å². The first-order valence-electron chi connectivity index (χ1n) is 13.3. The average molecular weight is 456 g/mol. The van der Waals surface area contributed by atoms with Gasteiger partial charge in [0.1, 0.15) is 0 Å². The monoisotopic (exact) mass is 455 g/mol. The Morgan fingerprint density at radius 2 is 1.24 bits per heavy atom. The Hall–Kier alpha value is -2.04. The van der Waals surface area contributed by atoms with E-state index < -0.39 is 5.91 Å². The number of benzene rings is 1. The number of nitrogen functional groups attached to an aromatic ring is 1. The number of rotatable bonds is 8. The molecule has 2 aliphatic carbocycles. The highest BCUT2D eigenvalue weighted by Gasteiger charge is 2.37. The van der Waals surface area contributed by atoms with Gasteiger partial charge in [-0.15, -0.1) is 0 Å². The van der Waals surface area contributed by atoms with Gasteiger partial charge in [-0.05, 0) is 93.2 Å². The summed E-state index contributed by atoms with van der Waals surface area (Å²) in [6.07, 6.45) is 11.5. The van der Waals surface area contributed by atoms with Crippen molar-refractivity contribution in [1.29, 1.82) is 0 Å². The molecule has 2 fully saturated rings. The summed E-state index contributed by atoms with van der Waals surface area (Å²) in [7, 11) is 0. The number of carbonyl (C=O) groups is 2. The van der Waals surface area contributed by atoms with Crippen LogP contribution < -0.4 is 11.5 Å². The first-order valence-corrected chi connectivity index (χ1v) is 13.3. The Bertz CT molecular complexity index is 777. The van der Waals surface area contributed by atoms with Gasteiger partial charge in [-0.25, -0.2) is 0 Å². The van der Waals surface area contributed by atoms with Gasteiger partial charge in [-0.2, -0.15) is 0 Å². The molecular weight excluding hydrogens is 410 g/mol. The molecule has 33 heavy (non-hydrogen) atoms. The van der Waals surface area contributed by atoms with E-state index in [4.69, 9.17) is 11.5 Å². The fraction of sp³-hybridized carbons (Fsp3) is 0.714. The van der Waals surface area contributed by atoms with Crippen molar-refractivity contribution in [2.75, 3.05) is 5.73 Å². The standard InChI is InChI=1S/C28H45N3O2/c1-5-18(3)20-7-11-25(12-8-20)31(26-13-9-21(10-14-26)19(4)6-2)28(33)23-15-22(27(30)32)16-24(29)17-23/h15-21,25-26H,5-14,29H2,1-4H3,(H2,30,32). The number of primary amides is 1. The van der Waals surface area contributed by atoms with Gasteiger partial charge in [-0.3, -0.25) is 9.59 Å². The van der Waals surface area contributed by atoms with Crippen LogP contribution in [0.1, 0.15) is 113 Å². The molecule has 184 valence electrons. The van der Waals surface area contributed by atoms with Crippen LogP contribution >= 0.6 is 0 Å². The zero-order chi connectivity index (χ0) is 24.1. The van der Waals surface area contributed by atoms with E-state index in [0.29, 0.717) is 16.8 Å². The molecular formula is C28H45N3O2. The zero-order valence-corrected chi connectivity index (χ0v) is 21.2. The molecule has 1 aromatic carbocycles. The topological polar surface area (TPSA) is 89.4 Å². The normalized spacial score (nSPS) is 27.5. The Labute approximate surface area is 200 Å². The number of hydrogen-bond acceptors (Lipinski definition) is 3. The summed E-state index contributed by atoms with van der Waals surface area (Å²) in [4.78, 5) is 27.9. The molecule has 2 amide bonds. The van der Waals surface area contributed by atoms with Gasteiger partial charge in [0.05, 0.1) is 0 Å². The summed E-state index contributed by atoms with van der Waals surface area (Å²) in [6, 6.07) is 5.42. The highest BCUT2D eigenvalue weighted by atomic mass is 16.2. The van der Waals surface area contributed by atoms with E-state index in [1.807, 2.05) is 0 Å². The largest absolute Gasteiger partial charge is 0.399 e. The third-order valence-electron chi connectivity index (χ3n) is 8.89. The molecule has 1 aromatic rings. The maximum Gasteiger partial charge on any atom is 0.254 e. The molecule has 0 aliphatic heterocycles. The summed E-state index contributed by atoms with van der Waals surface area (Å²) in [6.45, 7) is 9.28. The van der Waals surface area contributed by atoms with Crippen molar-refractivity contribution in [3.05, 3.63) is 29.3 Å². The summed E-state index contributed by atoms with van der Waals surface area (Å²) in [5.74, 6) is 2.48. The van der Waals surface area contributed by atoms with Crippen LogP contribution in [0.2, 0.25) is 0 Å². The third kappa shape index (κ3) is 6.10. The van der Waals surface area contributed by atoms with Crippen molar-refractivity contribution in [1.82, 2.24) is 4.90 Å². The number of anilines is 1. The lowest BCUT2D eigenvalue weighted by molar-refractivity contribution is 0.0336. The number of nitrogens with zero attached hydrogens (tertiary/aromatic N) is 1. The second-order valence-corrected chi connectivity index (χ2v) is 10.8. The van der Waals surface area contributed by atoms with Crippen LogP contribution in [0.25, 0.3) is 0 Å². The number of amides is 2. The molecule has 5 heteroatoms. The van der Waals surface area contributed by atoms with Crippen LogP contribution in [0.5, 0.6) is 0 Å². The van der Waals surface area contributed by atoms with Crippen molar-refractivity contribution in [3.8, 4) is 0 Å². The lowest BCUT2D eigenvalue weighted by atomic mass is 9.75. The van der Waals surface area contributed by atoms with E-state index in [1.165, 1.54) is 38.5 Å². The van der Waals surface area contributed by atoms with Crippen molar-refractivity contribution in [3.63, 3.8) is 0 Å². The van der Waals surface area contributed by atoms with E-state index in [-0.39, 0.29) is 18.0 Å². The van der Waals surface area contributed by atoms with Gasteiger partial charge in [-0.1, -0.05) is 40.5 Å². The molecule has 0 spiro atoms. The minimum atomic E-state index is -0.550. The number of hydrogen-bond donors (Lipinski definition) is 2. The third-order valence-corrected chi connectivity index (χ3v) is 8.89. The Balaban J connectivity index is 1.83. The van der Waals surface area contributed by atoms with Gasteiger partial charge in [0, 0.05) is 28.9 Å². The smallest absolute Gasteiger partial charge is 0.254 e. The predicted octanol–water partition coefficient (Wildman–Crippen LogP) is 6.02. The molecule has 2 saturated carbocycles. The van der Waals surface area contributed by atoms with Gasteiger partial charge in [0.25, 0.3) is 5.91 Å². The van der Waals surface area contributed by atoms with Crippen LogP contribution in [0.15, 0.2) is 18.2 Å². The SMILES string of the molecule is CCC(C)C1CCC(N(C(=O)c2cc(N)cc(C(N)=O)c2)C2CCC(C(C)CC)CC2)CC1. The summed E-state index contributed by atoms with van der Waals surface area (Å²) >= 11 is 0. The molecule has 0 bridgehead atoms. The molecule has 2 unspecified atom stereocenters. The molecule has 5 nitrogen and oxygen atoms in total. The number of carbonyl (C=O) groups excluding carboxylic acids is 2. The molecule has 0 radical (unpaired) electrons. The fourth-order valence-corrected chi connectivity index (χ4v) is 6.26. The van der Waals surface area contributed by atoms with E-state index in [9.17, 15) is 9.59 Å². The number of nitrogens with two attached hydrogens (primary N) is 2. The zero-order valence-electron chi connectivity index (χ0n) is 21.2. The highest BCUT2D eigenvalue weighted by Crippen LogP contribution is 2.39. The lowest BCUT2D eigenvalue weighted by Crippen LogP contribution is -2.50. The summed E-state index contributed by atoms with van der Waals surface area (Å²) in [5.41, 5.74) is 12.8. The fourth-order valence-electron chi connectivity index (χ4n) is 6.26. The first-order chi connectivity index (χ1) is 15.7. The molecule has 4 N–H and O–H groups in total. The quantitative estimate of drug-likeness (QED) is 0.470. The van der Waals surface area contributed by atoms with Crippen molar-refractivity contribution >= 4 is 17.5 Å². The Morgan fingerprint density at radius 3 is 1.64 bits per heavy atom. The van der Waals surface area contributed by atoms with Crippen LogP contribution in [0.4, 0.5) is 5.69 Å². The predicted molar refractivity (Wildman–Crippen MR) is 136 cm³/mol. The average Bonchev–Trinajstić information content (AvgIpc) is 2.83. The van der Waals surface area contributed by atoms with Crippen LogP contribution in [0.3, 0.4) is 0 Å². The second kappa shape index (κ2) is 11.4. The highest BCUT2D eigenvalue weighted by molar-refractivity contribution is 6.00. The van der Waals surface area contributed by atoms with E-state index in [0.717, 1.165) is 49.4 Å². The van der Waals surface area contributed by atoms with Gasteiger partial charge < -0.3 is 16.4 Å². The molecule has 2 atom stereocenters. The molecule has 0 aromatic heterocycles. The maximum absolute atomic E-state index is 13.9. The van der Waals surface area contributed by atoms with Gasteiger partial charge in [0.2, 0.25) is 5.91 Å². The minimum absolute atomic E-state index is 0.0174. The van der Waals surface area contributed by atoms with Crippen molar-refractivity contribution in [2.45, 2.75) is 104 Å². The maximum atomic E-state index is 13.9. The summed E-state index contributed by atoms with van der Waals surface area (Å²) < 4.78 is 0. The molecule has 3 rings (SSSR count). The second-order valence-electron chi connectivity index (χ2n) is 10.8. The van der Waals surface area contributed by atoms with Crippen LogP contribution in [-0.2, 0) is 0 Å². The first kappa shape index (κ1) is 25.6. The minimum Gasteiger partial charge on any atom is -0.399 e. The Morgan fingerprint density at radius 1 is 0.818 bits per heavy atom. The van der Waals surface area contributed by atoms with E-state index in [2.05, 4.69) is 32.6 Å². The summed E-state index contributed by atoms with van der Waals surface area (Å²) in [5, 5.41) is 0. The van der Waals surface area contributed by atoms with E-state index >= 15 is 0 Å². The molecule has 2 aliphatic rings. The van der Waals surface area contributed by atoms with Crippen molar-refractivity contribution < 1.29 is 9.59 Å². The van der Waals surface area contributed by atoms with Crippen LogP contribution in [-0.4, -0.2) is 28.8 Å². The van der Waals surface area contributed by atoms with Gasteiger partial charge in [0.15, 0.2) is 0 Å². The molecule has 0 saturated heterocycles. The van der Waals surface area contributed by atoms with Crippen molar-refractivity contribution in [2.24, 2.45) is 29.4 Å². The van der Waals surface area contributed by atoms with E-state index in [1.54, 1.807) is 18.2 Å².